The fourth-order valence-corrected chi connectivity index (χ4v) is 6.90. The van der Waals surface area contributed by atoms with E-state index in [1.54, 1.807) is 28.9 Å². The Morgan fingerprint density at radius 2 is 2.21 bits per heavy atom. The van der Waals surface area contributed by atoms with Crippen molar-refractivity contribution in [1.29, 1.82) is 0 Å². The number of ether oxygens (including phenoxy) is 2. The van der Waals surface area contributed by atoms with Crippen molar-refractivity contribution in [1.82, 2.24) is 14.4 Å². The summed E-state index contributed by atoms with van der Waals surface area (Å²) >= 11 is 1.24. The zero-order valence-electron chi connectivity index (χ0n) is 16.6. The lowest BCUT2D eigenvalue weighted by Gasteiger charge is -2.40. The maximum absolute atomic E-state index is 13.1. The van der Waals surface area contributed by atoms with Gasteiger partial charge >= 0.3 is 0 Å². The second-order valence-electron chi connectivity index (χ2n) is 7.74. The van der Waals surface area contributed by atoms with Gasteiger partial charge in [-0.25, -0.2) is 8.42 Å². The molecule has 2 aromatic rings. The van der Waals surface area contributed by atoms with Gasteiger partial charge < -0.3 is 14.0 Å². The minimum absolute atomic E-state index is 0.207. The summed E-state index contributed by atoms with van der Waals surface area (Å²) < 4.78 is 44.6. The van der Waals surface area contributed by atoms with Gasteiger partial charge in [0.1, 0.15) is 4.21 Å². The third kappa shape index (κ3) is 4.27. The molecule has 0 N–H and O–H groups in total. The van der Waals surface area contributed by atoms with E-state index in [0.717, 1.165) is 25.7 Å². The van der Waals surface area contributed by atoms with E-state index in [9.17, 15) is 8.42 Å². The molecule has 0 radical (unpaired) electrons. The van der Waals surface area contributed by atoms with Crippen LogP contribution >= 0.6 is 11.3 Å². The van der Waals surface area contributed by atoms with Crippen LogP contribution in [-0.2, 0) is 24.9 Å². The lowest BCUT2D eigenvalue weighted by molar-refractivity contribution is 0.0778. The number of aromatic nitrogens is 2. The van der Waals surface area contributed by atoms with Gasteiger partial charge in [-0.3, -0.25) is 0 Å². The molecule has 10 heteroatoms. The average molecular weight is 442 g/mol. The molecule has 1 unspecified atom stereocenters. The van der Waals surface area contributed by atoms with Crippen molar-refractivity contribution in [3.63, 3.8) is 0 Å². The van der Waals surface area contributed by atoms with Gasteiger partial charge in [0.25, 0.3) is 10.0 Å². The van der Waals surface area contributed by atoms with Crippen molar-refractivity contribution >= 4 is 21.4 Å². The van der Waals surface area contributed by atoms with E-state index in [-0.39, 0.29) is 5.92 Å². The zero-order valence-corrected chi connectivity index (χ0v) is 18.2. The summed E-state index contributed by atoms with van der Waals surface area (Å²) in [6, 6.07) is 3.42. The molecule has 4 rings (SSSR count). The third-order valence-corrected chi connectivity index (χ3v) is 9.12. The summed E-state index contributed by atoms with van der Waals surface area (Å²) in [5.74, 6) is 1.44. The summed E-state index contributed by atoms with van der Waals surface area (Å²) in [5.41, 5.74) is -0.508. The van der Waals surface area contributed by atoms with Gasteiger partial charge in [0.05, 0.1) is 0 Å². The van der Waals surface area contributed by atoms with Crippen LogP contribution in [0, 0.1) is 0 Å². The van der Waals surface area contributed by atoms with Crippen molar-refractivity contribution in [2.75, 3.05) is 40.0 Å². The van der Waals surface area contributed by atoms with Crippen molar-refractivity contribution < 1.29 is 22.4 Å². The van der Waals surface area contributed by atoms with Crippen LogP contribution in [0.2, 0.25) is 0 Å². The summed E-state index contributed by atoms with van der Waals surface area (Å²) in [6.45, 7) is 2.74. The SMILES string of the molecule is COCCC1(c2noc(C3CCOCC3)n2)CCCN(S(=O)(=O)c2cccs2)C1. The van der Waals surface area contributed by atoms with Crippen LogP contribution in [0.25, 0.3) is 0 Å². The van der Waals surface area contributed by atoms with Crippen LogP contribution in [0.15, 0.2) is 26.2 Å². The van der Waals surface area contributed by atoms with Gasteiger partial charge in [-0.1, -0.05) is 11.2 Å². The molecule has 0 amide bonds. The van der Waals surface area contributed by atoms with Gasteiger partial charge in [-0.2, -0.15) is 9.29 Å². The van der Waals surface area contributed by atoms with Crippen LogP contribution in [0.5, 0.6) is 0 Å². The van der Waals surface area contributed by atoms with Gasteiger partial charge in [-0.15, -0.1) is 11.3 Å². The second kappa shape index (κ2) is 8.81. The molecule has 2 aliphatic rings. The molecule has 4 heterocycles. The van der Waals surface area contributed by atoms with Crippen molar-refractivity contribution in [3.05, 3.63) is 29.2 Å². The Balaban J connectivity index is 1.62. The first-order valence-corrected chi connectivity index (χ1v) is 12.3. The number of thiophene rings is 1. The molecule has 2 saturated heterocycles. The summed E-state index contributed by atoms with van der Waals surface area (Å²) in [4.78, 5) is 4.75. The van der Waals surface area contributed by atoms with E-state index >= 15 is 0 Å². The average Bonchev–Trinajstić information content (AvgIpc) is 3.46. The van der Waals surface area contributed by atoms with E-state index in [4.69, 9.17) is 19.0 Å². The Morgan fingerprint density at radius 3 is 2.93 bits per heavy atom. The summed E-state index contributed by atoms with van der Waals surface area (Å²) in [7, 11) is -1.87. The van der Waals surface area contributed by atoms with Crippen molar-refractivity contribution in [2.45, 2.75) is 47.6 Å². The fourth-order valence-electron chi connectivity index (χ4n) is 4.19. The van der Waals surface area contributed by atoms with Crippen molar-refractivity contribution in [3.8, 4) is 0 Å². The molecule has 2 fully saturated rings. The highest BCUT2D eigenvalue weighted by molar-refractivity contribution is 7.91. The number of rotatable bonds is 7. The molecule has 0 bridgehead atoms. The van der Waals surface area contributed by atoms with Crippen LogP contribution in [0.1, 0.15) is 49.7 Å². The summed E-state index contributed by atoms with van der Waals surface area (Å²) in [5, 5.41) is 6.10. The van der Waals surface area contributed by atoms with Crippen LogP contribution in [-0.4, -0.2) is 62.9 Å². The molecule has 2 aromatic heterocycles. The Morgan fingerprint density at radius 1 is 1.38 bits per heavy atom. The molecule has 2 aliphatic heterocycles. The first kappa shape index (κ1) is 20.9. The Kier molecular flexibility index (Phi) is 6.35. The number of piperidine rings is 1. The largest absolute Gasteiger partial charge is 0.385 e. The quantitative estimate of drug-likeness (QED) is 0.652. The monoisotopic (exact) mass is 441 g/mol. The van der Waals surface area contributed by atoms with Gasteiger partial charge in [0.2, 0.25) is 5.89 Å². The number of methoxy groups -OCH3 is 1. The minimum atomic E-state index is -3.53. The lowest BCUT2D eigenvalue weighted by Crippen LogP contribution is -2.49. The molecule has 0 aromatic carbocycles. The number of sulfonamides is 1. The number of hydrogen-bond acceptors (Lipinski definition) is 8. The van der Waals surface area contributed by atoms with Gasteiger partial charge in [0.15, 0.2) is 5.82 Å². The molecule has 0 spiro atoms. The highest BCUT2D eigenvalue weighted by atomic mass is 32.2. The third-order valence-electron chi connectivity index (χ3n) is 5.90. The smallest absolute Gasteiger partial charge is 0.252 e. The predicted octanol–water partition coefficient (Wildman–Crippen LogP) is 2.78. The highest BCUT2D eigenvalue weighted by Crippen LogP contribution is 2.39. The van der Waals surface area contributed by atoms with Gasteiger partial charge in [-0.05, 0) is 43.6 Å². The predicted molar refractivity (Wildman–Crippen MR) is 108 cm³/mol. The van der Waals surface area contributed by atoms with E-state index in [2.05, 4.69) is 5.16 Å². The van der Waals surface area contributed by atoms with Crippen LogP contribution in [0.3, 0.4) is 0 Å². The molecule has 1 atom stereocenters. The highest BCUT2D eigenvalue weighted by Gasteiger charge is 2.45. The fraction of sp³-hybridized carbons (Fsp3) is 0.684. The first-order chi connectivity index (χ1) is 14.0. The Hall–Kier alpha value is -1.33. The van der Waals surface area contributed by atoms with Crippen molar-refractivity contribution in [2.24, 2.45) is 0 Å². The Bertz CT molecular complexity index is 893. The maximum Gasteiger partial charge on any atom is 0.252 e. The van der Waals surface area contributed by atoms with E-state index < -0.39 is 15.4 Å². The van der Waals surface area contributed by atoms with E-state index in [1.807, 2.05) is 0 Å². The number of nitrogens with zero attached hydrogens (tertiary/aromatic N) is 3. The first-order valence-electron chi connectivity index (χ1n) is 10.00. The molecule has 0 aliphatic carbocycles. The van der Waals surface area contributed by atoms with Gasteiger partial charge in [0, 0.05) is 51.4 Å². The Labute approximate surface area is 175 Å². The lowest BCUT2D eigenvalue weighted by atomic mass is 9.77. The topological polar surface area (TPSA) is 94.8 Å². The standard InChI is InChI=1S/C19H27N3O5S2/c1-25-12-8-19(18-20-17(27-21-18)15-5-10-26-11-6-15)7-3-9-22(14-19)29(23,24)16-4-2-13-28-16/h2,4,13,15H,3,5-12,14H2,1H3. The second-order valence-corrected chi connectivity index (χ2v) is 10.9. The number of hydrogen-bond donors (Lipinski definition) is 0. The van der Waals surface area contributed by atoms with Crippen LogP contribution < -0.4 is 0 Å². The minimum Gasteiger partial charge on any atom is -0.385 e. The molecule has 160 valence electrons. The van der Waals surface area contributed by atoms with Crippen LogP contribution in [0.4, 0.5) is 0 Å². The maximum atomic E-state index is 13.1. The molecule has 0 saturated carbocycles. The molecular formula is C19H27N3O5S2. The molecular weight excluding hydrogens is 414 g/mol. The van der Waals surface area contributed by atoms with E-state index in [0.29, 0.717) is 55.3 Å². The summed E-state index contributed by atoms with van der Waals surface area (Å²) in [6.07, 6.45) is 3.93. The molecule has 8 nitrogen and oxygen atoms in total. The molecule has 29 heavy (non-hydrogen) atoms. The normalized spacial score (nSPS) is 24.7. The zero-order chi connectivity index (χ0) is 20.3. The van der Waals surface area contributed by atoms with E-state index in [1.165, 1.54) is 11.3 Å².